The Morgan fingerprint density at radius 2 is 2.00 bits per heavy atom. The number of hydrogen-bond acceptors (Lipinski definition) is 3. The van der Waals surface area contributed by atoms with Gasteiger partial charge in [0, 0.05) is 30.3 Å². The van der Waals surface area contributed by atoms with Crippen molar-refractivity contribution < 1.29 is 4.79 Å². The molecule has 0 unspecified atom stereocenters. The number of rotatable bonds is 4. The van der Waals surface area contributed by atoms with Gasteiger partial charge in [0.15, 0.2) is 0 Å². The molecule has 2 N–H and O–H groups in total. The minimum absolute atomic E-state index is 0.147. The van der Waals surface area contributed by atoms with Gasteiger partial charge in [-0.15, -0.1) is 0 Å². The van der Waals surface area contributed by atoms with Crippen LogP contribution in [0.25, 0.3) is 5.69 Å². The van der Waals surface area contributed by atoms with Gasteiger partial charge in [0.2, 0.25) is 5.56 Å². The molecule has 23 heavy (non-hydrogen) atoms. The topological polar surface area (TPSA) is 79.8 Å². The molecule has 1 amide bonds. The monoisotopic (exact) mass is 308 g/mol. The van der Waals surface area contributed by atoms with Crippen molar-refractivity contribution in [3.63, 3.8) is 0 Å². The van der Waals surface area contributed by atoms with E-state index in [1.807, 2.05) is 42.0 Å². The van der Waals surface area contributed by atoms with Crippen molar-refractivity contribution in [2.75, 3.05) is 0 Å². The molecule has 0 bridgehead atoms. The van der Waals surface area contributed by atoms with Crippen molar-refractivity contribution in [2.24, 2.45) is 0 Å². The van der Waals surface area contributed by atoms with Gasteiger partial charge in [0.1, 0.15) is 0 Å². The SMILES string of the molecule is C[C@H](NC(=O)c1ccc(=O)[nH]c1)c1ccc(-n2ccnc2)cc1. The summed E-state index contributed by atoms with van der Waals surface area (Å²) in [6.07, 6.45) is 6.74. The largest absolute Gasteiger partial charge is 0.345 e. The van der Waals surface area contributed by atoms with Crippen molar-refractivity contribution in [1.82, 2.24) is 19.9 Å². The predicted octanol–water partition coefficient (Wildman–Crippen LogP) is 2.05. The van der Waals surface area contributed by atoms with Crippen LogP contribution in [0.4, 0.5) is 0 Å². The molecular formula is C17H16N4O2. The minimum Gasteiger partial charge on any atom is -0.345 e. The highest BCUT2D eigenvalue weighted by Gasteiger charge is 2.11. The number of hydrogen-bond donors (Lipinski definition) is 2. The summed E-state index contributed by atoms with van der Waals surface area (Å²) in [5.41, 5.74) is 2.19. The Morgan fingerprint density at radius 1 is 1.22 bits per heavy atom. The van der Waals surface area contributed by atoms with E-state index in [0.29, 0.717) is 5.56 Å². The van der Waals surface area contributed by atoms with Gasteiger partial charge in [-0.25, -0.2) is 4.98 Å². The van der Waals surface area contributed by atoms with Crippen molar-refractivity contribution in [3.05, 3.63) is 82.8 Å². The summed E-state index contributed by atoms with van der Waals surface area (Å²) < 4.78 is 1.91. The van der Waals surface area contributed by atoms with Gasteiger partial charge in [-0.3, -0.25) is 9.59 Å². The van der Waals surface area contributed by atoms with E-state index in [-0.39, 0.29) is 17.5 Å². The van der Waals surface area contributed by atoms with Crippen LogP contribution in [0.15, 0.2) is 66.1 Å². The maximum Gasteiger partial charge on any atom is 0.253 e. The molecule has 0 spiro atoms. The Morgan fingerprint density at radius 3 is 2.61 bits per heavy atom. The first kappa shape index (κ1) is 14.8. The third-order valence-electron chi connectivity index (χ3n) is 3.59. The number of carbonyl (C=O) groups excluding carboxylic acids is 1. The number of amides is 1. The summed E-state index contributed by atoms with van der Waals surface area (Å²) in [5, 5.41) is 2.91. The average molecular weight is 308 g/mol. The molecule has 0 saturated carbocycles. The molecule has 2 aromatic heterocycles. The zero-order chi connectivity index (χ0) is 16.2. The molecule has 0 aliphatic heterocycles. The van der Waals surface area contributed by atoms with E-state index in [0.717, 1.165) is 11.3 Å². The Balaban J connectivity index is 1.70. The molecule has 0 aliphatic carbocycles. The van der Waals surface area contributed by atoms with Crippen molar-refractivity contribution in [1.29, 1.82) is 0 Å². The standard InChI is InChI=1S/C17H16N4O2/c1-12(20-17(23)14-4-7-16(22)19-10-14)13-2-5-15(6-3-13)21-9-8-18-11-21/h2-12H,1H3,(H,19,22)(H,20,23)/t12-/m0/s1. The normalized spacial score (nSPS) is 11.9. The fourth-order valence-electron chi connectivity index (χ4n) is 2.26. The number of aromatic nitrogens is 3. The second-order valence-electron chi connectivity index (χ2n) is 5.20. The lowest BCUT2D eigenvalue weighted by Crippen LogP contribution is -2.27. The van der Waals surface area contributed by atoms with E-state index in [4.69, 9.17) is 0 Å². The van der Waals surface area contributed by atoms with Crippen LogP contribution in [0, 0.1) is 0 Å². The number of aromatic amines is 1. The zero-order valence-corrected chi connectivity index (χ0v) is 12.6. The molecule has 0 radical (unpaired) electrons. The van der Waals surface area contributed by atoms with Crippen LogP contribution < -0.4 is 10.9 Å². The third-order valence-corrected chi connectivity index (χ3v) is 3.59. The van der Waals surface area contributed by atoms with Gasteiger partial charge in [-0.1, -0.05) is 12.1 Å². The minimum atomic E-state index is -0.232. The van der Waals surface area contributed by atoms with Crippen molar-refractivity contribution in [2.45, 2.75) is 13.0 Å². The third kappa shape index (κ3) is 3.37. The summed E-state index contributed by atoms with van der Waals surface area (Å²) >= 11 is 0. The summed E-state index contributed by atoms with van der Waals surface area (Å²) in [6.45, 7) is 1.91. The Bertz CT molecular complexity index is 831. The van der Waals surface area contributed by atoms with Gasteiger partial charge >= 0.3 is 0 Å². The van der Waals surface area contributed by atoms with Crippen LogP contribution >= 0.6 is 0 Å². The first-order chi connectivity index (χ1) is 11.1. The highest BCUT2D eigenvalue weighted by atomic mass is 16.2. The van der Waals surface area contributed by atoms with Crippen LogP contribution in [0.2, 0.25) is 0 Å². The maximum absolute atomic E-state index is 12.1. The number of nitrogens with one attached hydrogen (secondary N) is 2. The van der Waals surface area contributed by atoms with Crippen LogP contribution in [-0.2, 0) is 0 Å². The molecule has 6 nitrogen and oxygen atoms in total. The van der Waals surface area contributed by atoms with Gasteiger partial charge < -0.3 is 14.9 Å². The van der Waals surface area contributed by atoms with Crippen LogP contribution in [0.5, 0.6) is 0 Å². The fourth-order valence-corrected chi connectivity index (χ4v) is 2.26. The van der Waals surface area contributed by atoms with Gasteiger partial charge in [-0.2, -0.15) is 0 Å². The molecule has 1 atom stereocenters. The Kier molecular flexibility index (Phi) is 4.05. The fraction of sp³-hybridized carbons (Fsp3) is 0.118. The smallest absolute Gasteiger partial charge is 0.253 e. The van der Waals surface area contributed by atoms with Crippen molar-refractivity contribution >= 4 is 5.91 Å². The molecule has 116 valence electrons. The highest BCUT2D eigenvalue weighted by molar-refractivity contribution is 5.94. The van der Waals surface area contributed by atoms with Crippen LogP contribution in [-0.4, -0.2) is 20.4 Å². The molecule has 0 fully saturated rings. The number of H-pyrrole nitrogens is 1. The summed E-state index contributed by atoms with van der Waals surface area (Å²) in [4.78, 5) is 29.7. The number of carbonyl (C=O) groups is 1. The molecule has 0 saturated heterocycles. The van der Waals surface area contributed by atoms with E-state index < -0.39 is 0 Å². The summed E-state index contributed by atoms with van der Waals surface area (Å²) in [7, 11) is 0. The van der Waals surface area contributed by atoms with Gasteiger partial charge in [-0.05, 0) is 30.7 Å². The lowest BCUT2D eigenvalue weighted by molar-refractivity contribution is 0.0939. The highest BCUT2D eigenvalue weighted by Crippen LogP contribution is 2.16. The average Bonchev–Trinajstić information content (AvgIpc) is 3.10. The second-order valence-corrected chi connectivity index (χ2v) is 5.20. The zero-order valence-electron chi connectivity index (χ0n) is 12.6. The van der Waals surface area contributed by atoms with E-state index in [1.165, 1.54) is 18.3 Å². The Labute approximate surface area is 132 Å². The molecular weight excluding hydrogens is 292 g/mol. The molecule has 3 aromatic rings. The van der Waals surface area contributed by atoms with Gasteiger partial charge in [0.05, 0.1) is 17.9 Å². The quantitative estimate of drug-likeness (QED) is 0.774. The first-order valence-electron chi connectivity index (χ1n) is 7.21. The second kappa shape index (κ2) is 6.31. The van der Waals surface area contributed by atoms with E-state index >= 15 is 0 Å². The number of pyridine rings is 1. The van der Waals surface area contributed by atoms with Gasteiger partial charge in [0.25, 0.3) is 5.91 Å². The molecule has 1 aromatic carbocycles. The Hall–Kier alpha value is -3.15. The predicted molar refractivity (Wildman–Crippen MR) is 86.5 cm³/mol. The van der Waals surface area contributed by atoms with Crippen LogP contribution in [0.3, 0.4) is 0 Å². The molecule has 2 heterocycles. The summed E-state index contributed by atoms with van der Waals surface area (Å²) in [5.74, 6) is -0.229. The maximum atomic E-state index is 12.1. The summed E-state index contributed by atoms with van der Waals surface area (Å²) in [6, 6.07) is 10.6. The van der Waals surface area contributed by atoms with Crippen molar-refractivity contribution in [3.8, 4) is 5.69 Å². The number of nitrogens with zero attached hydrogens (tertiary/aromatic N) is 2. The van der Waals surface area contributed by atoms with E-state index in [1.54, 1.807) is 12.5 Å². The molecule has 0 aliphatic rings. The molecule has 6 heteroatoms. The van der Waals surface area contributed by atoms with E-state index in [9.17, 15) is 9.59 Å². The molecule has 3 rings (SSSR count). The lowest BCUT2D eigenvalue weighted by atomic mass is 10.1. The lowest BCUT2D eigenvalue weighted by Gasteiger charge is -2.15. The number of benzene rings is 1. The number of imidazole rings is 1. The van der Waals surface area contributed by atoms with E-state index in [2.05, 4.69) is 15.3 Å². The van der Waals surface area contributed by atoms with Crippen LogP contribution in [0.1, 0.15) is 28.9 Å². The first-order valence-corrected chi connectivity index (χ1v) is 7.21.